The average Bonchev–Trinajstić information content (AvgIpc) is 2.74. The zero-order valence-corrected chi connectivity index (χ0v) is 11.6. The first-order valence-corrected chi connectivity index (χ1v) is 6.64. The molecule has 4 nitrogen and oxygen atoms in total. The van der Waals surface area contributed by atoms with E-state index in [0.29, 0.717) is 0 Å². The van der Waals surface area contributed by atoms with Crippen LogP contribution in [0.15, 0.2) is 30.3 Å². The molecule has 0 bridgehead atoms. The minimum absolute atomic E-state index is 0.211. The highest BCUT2D eigenvalue weighted by Crippen LogP contribution is 2.41. The third-order valence-electron chi connectivity index (χ3n) is 3.57. The fourth-order valence-corrected chi connectivity index (χ4v) is 2.46. The van der Waals surface area contributed by atoms with E-state index in [-0.39, 0.29) is 24.7 Å². The predicted octanol–water partition coefficient (Wildman–Crippen LogP) is 1.87. The van der Waals surface area contributed by atoms with Crippen LogP contribution in [-0.4, -0.2) is 34.8 Å². The van der Waals surface area contributed by atoms with E-state index in [2.05, 4.69) is 0 Å². The summed E-state index contributed by atoms with van der Waals surface area (Å²) in [5, 5.41) is 18.9. The first kappa shape index (κ1) is 14.5. The van der Waals surface area contributed by atoms with Gasteiger partial charge in [-0.15, -0.1) is 0 Å². The van der Waals surface area contributed by atoms with Gasteiger partial charge in [0.15, 0.2) is 5.79 Å². The molecule has 0 saturated carbocycles. The van der Waals surface area contributed by atoms with E-state index in [1.807, 2.05) is 51.1 Å². The second kappa shape index (κ2) is 5.59. The van der Waals surface area contributed by atoms with Crippen LogP contribution < -0.4 is 0 Å². The quantitative estimate of drug-likeness (QED) is 0.873. The molecule has 1 aliphatic heterocycles. The zero-order chi connectivity index (χ0) is 14.0. The van der Waals surface area contributed by atoms with Crippen molar-refractivity contribution in [3.8, 4) is 0 Å². The minimum atomic E-state index is -0.811. The molecule has 0 spiro atoms. The lowest BCUT2D eigenvalue weighted by atomic mass is 9.91. The first-order chi connectivity index (χ1) is 8.94. The Morgan fingerprint density at radius 3 is 2.42 bits per heavy atom. The van der Waals surface area contributed by atoms with Gasteiger partial charge in [0.2, 0.25) is 0 Å². The summed E-state index contributed by atoms with van der Waals surface area (Å²) in [5.74, 6) is -0.897. The summed E-state index contributed by atoms with van der Waals surface area (Å²) in [6, 6.07) is 9.83. The highest BCUT2D eigenvalue weighted by Gasteiger charge is 2.45. The fraction of sp³-hybridized carbons (Fsp3) is 0.600. The lowest BCUT2D eigenvalue weighted by Crippen LogP contribution is -2.35. The maximum Gasteiger partial charge on any atom is 0.164 e. The van der Waals surface area contributed by atoms with Crippen LogP contribution in [0.1, 0.15) is 32.4 Å². The summed E-state index contributed by atoms with van der Waals surface area (Å²) in [5.41, 5.74) is 1.02. The normalized spacial score (nSPS) is 29.1. The van der Waals surface area contributed by atoms with E-state index in [1.54, 1.807) is 0 Å². The van der Waals surface area contributed by atoms with Crippen LogP contribution >= 0.6 is 0 Å². The Bertz CT molecular complexity index is 404. The highest BCUT2D eigenvalue weighted by molar-refractivity contribution is 5.20. The number of hydrogen-bond donors (Lipinski definition) is 2. The van der Waals surface area contributed by atoms with Crippen LogP contribution in [0.3, 0.4) is 0 Å². The summed E-state index contributed by atoms with van der Waals surface area (Å²) in [6.45, 7) is 5.32. The van der Waals surface area contributed by atoms with Crippen molar-refractivity contribution >= 4 is 0 Å². The number of aliphatic hydroxyl groups is 2. The maximum atomic E-state index is 9.84. The smallest absolute Gasteiger partial charge is 0.164 e. The molecule has 19 heavy (non-hydrogen) atoms. The van der Waals surface area contributed by atoms with E-state index in [9.17, 15) is 5.11 Å². The third-order valence-corrected chi connectivity index (χ3v) is 3.57. The lowest BCUT2D eigenvalue weighted by molar-refractivity contribution is -0.154. The van der Waals surface area contributed by atoms with E-state index in [1.165, 1.54) is 0 Å². The van der Waals surface area contributed by atoms with Gasteiger partial charge in [-0.1, -0.05) is 37.3 Å². The molecule has 0 radical (unpaired) electrons. The molecular formula is C15H22O4. The molecule has 2 N–H and O–H groups in total. The number of hydrogen-bond acceptors (Lipinski definition) is 4. The van der Waals surface area contributed by atoms with Gasteiger partial charge in [-0.2, -0.15) is 0 Å². The van der Waals surface area contributed by atoms with Crippen molar-refractivity contribution in [2.24, 2.45) is 5.92 Å². The van der Waals surface area contributed by atoms with Gasteiger partial charge in [-0.05, 0) is 19.4 Å². The van der Waals surface area contributed by atoms with E-state index < -0.39 is 11.9 Å². The van der Waals surface area contributed by atoms with Crippen LogP contribution in [0.2, 0.25) is 0 Å². The monoisotopic (exact) mass is 266 g/mol. The molecule has 1 aromatic carbocycles. The van der Waals surface area contributed by atoms with Crippen LogP contribution in [0.25, 0.3) is 0 Å². The molecule has 106 valence electrons. The van der Waals surface area contributed by atoms with Crippen LogP contribution in [0, 0.1) is 5.92 Å². The summed E-state index contributed by atoms with van der Waals surface area (Å²) in [4.78, 5) is 0. The van der Waals surface area contributed by atoms with Crippen molar-refractivity contribution in [3.05, 3.63) is 35.9 Å². The number of aliphatic hydroxyl groups excluding tert-OH is 2. The molecule has 0 amide bonds. The number of rotatable bonds is 4. The molecule has 1 aromatic rings. The molecular weight excluding hydrogens is 244 g/mol. The van der Waals surface area contributed by atoms with Gasteiger partial charge in [0.25, 0.3) is 0 Å². The molecule has 1 saturated heterocycles. The van der Waals surface area contributed by atoms with Gasteiger partial charge in [-0.25, -0.2) is 0 Å². The van der Waals surface area contributed by atoms with Crippen molar-refractivity contribution in [1.29, 1.82) is 0 Å². The van der Waals surface area contributed by atoms with Crippen LogP contribution in [0.4, 0.5) is 0 Å². The van der Waals surface area contributed by atoms with Gasteiger partial charge in [0.05, 0.1) is 18.8 Å². The Labute approximate surface area is 114 Å². The van der Waals surface area contributed by atoms with E-state index in [0.717, 1.165) is 5.56 Å². The molecule has 0 aromatic heterocycles. The molecule has 0 aliphatic carbocycles. The zero-order valence-electron chi connectivity index (χ0n) is 11.6. The largest absolute Gasteiger partial charge is 0.394 e. The van der Waals surface area contributed by atoms with Crippen molar-refractivity contribution in [2.45, 2.75) is 44.9 Å². The van der Waals surface area contributed by atoms with E-state index >= 15 is 0 Å². The Balaban J connectivity index is 2.24. The van der Waals surface area contributed by atoms with Gasteiger partial charge in [0, 0.05) is 5.92 Å². The Kier molecular flexibility index (Phi) is 4.26. The summed E-state index contributed by atoms with van der Waals surface area (Å²) in [7, 11) is 0. The van der Waals surface area contributed by atoms with Gasteiger partial charge >= 0.3 is 0 Å². The number of ether oxygens (including phenoxy) is 2. The van der Waals surface area contributed by atoms with E-state index in [4.69, 9.17) is 14.6 Å². The topological polar surface area (TPSA) is 58.9 Å². The first-order valence-electron chi connectivity index (χ1n) is 6.64. The Hall–Kier alpha value is -0.940. The third kappa shape index (κ3) is 3.15. The highest BCUT2D eigenvalue weighted by atomic mass is 16.8. The molecule has 1 aliphatic rings. The molecule has 0 unspecified atom stereocenters. The van der Waals surface area contributed by atoms with Crippen molar-refractivity contribution < 1.29 is 19.7 Å². The summed E-state index contributed by atoms with van der Waals surface area (Å²) < 4.78 is 11.9. The molecule has 1 heterocycles. The fourth-order valence-electron chi connectivity index (χ4n) is 2.46. The van der Waals surface area contributed by atoms with Crippen molar-refractivity contribution in [2.75, 3.05) is 6.61 Å². The van der Waals surface area contributed by atoms with Gasteiger partial charge < -0.3 is 19.7 Å². The average molecular weight is 266 g/mol. The minimum Gasteiger partial charge on any atom is -0.394 e. The molecule has 4 atom stereocenters. The Morgan fingerprint density at radius 2 is 1.84 bits per heavy atom. The van der Waals surface area contributed by atoms with Crippen LogP contribution in [-0.2, 0) is 9.47 Å². The second-order valence-corrected chi connectivity index (χ2v) is 5.54. The van der Waals surface area contributed by atoms with Crippen LogP contribution in [0.5, 0.6) is 0 Å². The van der Waals surface area contributed by atoms with Gasteiger partial charge in [0.1, 0.15) is 6.10 Å². The summed E-state index contributed by atoms with van der Waals surface area (Å²) >= 11 is 0. The Morgan fingerprint density at radius 1 is 1.21 bits per heavy atom. The predicted molar refractivity (Wildman–Crippen MR) is 71.5 cm³/mol. The summed E-state index contributed by atoms with van der Waals surface area (Å²) in [6.07, 6.45) is -1.32. The standard InChI is InChI=1S/C15H22O4/c1-10(12(17)9-16)13-14(19-15(2,3)18-13)11-7-5-4-6-8-11/h4-8,10,12-14,16-17H,9H2,1-3H3/t10-,12-,13+,14+/m0/s1. The maximum absolute atomic E-state index is 9.84. The molecule has 4 heteroatoms. The molecule has 2 rings (SSSR count). The van der Waals surface area contributed by atoms with Crippen molar-refractivity contribution in [1.82, 2.24) is 0 Å². The molecule has 1 fully saturated rings. The van der Waals surface area contributed by atoms with Gasteiger partial charge in [-0.3, -0.25) is 0 Å². The second-order valence-electron chi connectivity index (χ2n) is 5.54. The number of benzene rings is 1. The SMILES string of the molecule is C[C@H]([C@H]1OC(C)(C)O[C@@H]1c1ccccc1)[C@@H](O)CO. The van der Waals surface area contributed by atoms with Crippen molar-refractivity contribution in [3.63, 3.8) is 0 Å². The lowest BCUT2D eigenvalue weighted by Gasteiger charge is -2.26.